The molecule has 22 heteroatoms. The summed E-state index contributed by atoms with van der Waals surface area (Å²) < 4.78 is 17.9. The second kappa shape index (κ2) is 22.7. The molecular weight excluding hydrogens is 999 g/mol. The number of carbonyl (C=O) groups is 5. The number of aliphatic hydroxyl groups is 1. The van der Waals surface area contributed by atoms with Crippen molar-refractivity contribution < 1.29 is 43.3 Å². The highest BCUT2D eigenvalue weighted by Crippen LogP contribution is 2.38. The number of β-amino-alcohol motifs (C(OH)–C–C–N with tert-alkyl or cyclic N) is 1. The number of rotatable bonds is 15. The van der Waals surface area contributed by atoms with Gasteiger partial charge in [0.15, 0.2) is 17.5 Å². The van der Waals surface area contributed by atoms with Crippen molar-refractivity contribution in [1.82, 2.24) is 40.4 Å². The Morgan fingerprint density at radius 3 is 2.32 bits per heavy atom. The molecule has 0 spiro atoms. The van der Waals surface area contributed by atoms with E-state index in [-0.39, 0.29) is 43.8 Å². The summed E-state index contributed by atoms with van der Waals surface area (Å²) >= 11 is 2.95. The molecule has 3 atom stereocenters. The summed E-state index contributed by atoms with van der Waals surface area (Å²) in [5.74, 6) is -0.250. The van der Waals surface area contributed by atoms with Gasteiger partial charge in [-0.25, -0.2) is 24.7 Å². The summed E-state index contributed by atoms with van der Waals surface area (Å²) in [6.07, 6.45) is 1.48. The van der Waals surface area contributed by atoms with Gasteiger partial charge < -0.3 is 45.1 Å². The first-order chi connectivity index (χ1) is 35.9. The highest BCUT2D eigenvalue weighted by molar-refractivity contribution is 7.22. The molecule has 75 heavy (non-hydrogen) atoms. The van der Waals surface area contributed by atoms with E-state index < -0.39 is 54.0 Å². The summed E-state index contributed by atoms with van der Waals surface area (Å²) in [7, 11) is 0. The van der Waals surface area contributed by atoms with E-state index in [2.05, 4.69) is 40.8 Å². The third-order valence-electron chi connectivity index (χ3n) is 13.1. The number of hydrogen-bond donors (Lipinski definition) is 4. The minimum absolute atomic E-state index is 0.0445. The maximum atomic E-state index is 14.1. The number of amides is 5. The number of likely N-dealkylation sites (tertiary alicyclic amines) is 1. The quantitative estimate of drug-likeness (QED) is 0.0941. The van der Waals surface area contributed by atoms with Crippen LogP contribution in [0, 0.1) is 12.3 Å². The fourth-order valence-corrected chi connectivity index (χ4v) is 10.9. The molecule has 0 unspecified atom stereocenters. The molecule has 2 fully saturated rings. The van der Waals surface area contributed by atoms with Crippen molar-refractivity contribution in [2.24, 2.45) is 5.41 Å². The van der Waals surface area contributed by atoms with Crippen LogP contribution in [0.25, 0.3) is 31.8 Å². The van der Waals surface area contributed by atoms with Crippen molar-refractivity contribution in [1.29, 1.82) is 0 Å². The van der Waals surface area contributed by atoms with Crippen molar-refractivity contribution in [3.05, 3.63) is 89.8 Å². The second-order valence-corrected chi connectivity index (χ2v) is 22.0. The number of hydrogen-bond acceptors (Lipinski definition) is 17. The van der Waals surface area contributed by atoms with Gasteiger partial charge in [-0.15, -0.1) is 11.3 Å². The standard InChI is InChI=1S/C53H61N11O9S2/c1-31(2)73-52(70)63-19-20-71-42-14-12-35(21-40(42)63)36-11-13-39-43(22-36)75-51(58-39)60-44(66)28-61-15-17-62(18-16-61)50-55-25-38(26-56-50)72-29-45(67)59-47(53(4,5)6)49(69)64-27-37(65)23-41(64)48(68)54-24-33-7-9-34(10-8-33)46-32(3)57-30-74-46/h7-14,21-22,25-26,30-31,37,41,47,65H,15-20,23-24,27-29H2,1-6H3,(H,54,68)(H,59,67)(H,58,60,66)/t37-,41+,47-/m1/s1. The van der Waals surface area contributed by atoms with Gasteiger partial charge >= 0.3 is 6.09 Å². The summed E-state index contributed by atoms with van der Waals surface area (Å²) in [6.45, 7) is 14.1. The van der Waals surface area contributed by atoms with Gasteiger partial charge in [0.1, 0.15) is 24.4 Å². The monoisotopic (exact) mass is 1060 g/mol. The molecule has 6 aromatic rings. The van der Waals surface area contributed by atoms with E-state index in [0.29, 0.717) is 61.8 Å². The lowest BCUT2D eigenvalue weighted by molar-refractivity contribution is -0.144. The molecule has 3 aliphatic heterocycles. The maximum Gasteiger partial charge on any atom is 0.414 e. The second-order valence-electron chi connectivity index (χ2n) is 20.1. The van der Waals surface area contributed by atoms with Crippen LogP contribution in [0.1, 0.15) is 52.3 Å². The molecule has 20 nitrogen and oxygen atoms in total. The minimum atomic E-state index is -1.02. The van der Waals surface area contributed by atoms with E-state index in [0.717, 1.165) is 43.0 Å². The molecule has 2 saturated heterocycles. The Hall–Kier alpha value is -7.27. The van der Waals surface area contributed by atoms with Crippen LogP contribution in [0.4, 0.5) is 21.6 Å². The van der Waals surface area contributed by atoms with E-state index in [1.165, 1.54) is 28.6 Å². The van der Waals surface area contributed by atoms with E-state index in [1.54, 1.807) is 21.7 Å². The number of carbonyl (C=O) groups excluding carboxylic acids is 5. The van der Waals surface area contributed by atoms with Crippen LogP contribution in [0.5, 0.6) is 11.5 Å². The predicted molar refractivity (Wildman–Crippen MR) is 286 cm³/mol. The Balaban J connectivity index is 0.720. The number of piperazine rings is 1. The molecule has 0 bridgehead atoms. The summed E-state index contributed by atoms with van der Waals surface area (Å²) in [4.78, 5) is 93.0. The molecule has 9 rings (SSSR count). The largest absolute Gasteiger partial charge is 0.490 e. The molecule has 3 aromatic heterocycles. The van der Waals surface area contributed by atoms with Gasteiger partial charge in [0.2, 0.25) is 23.7 Å². The average Bonchev–Trinajstić information content (AvgIpc) is 4.13. The fraction of sp³-hybridized carbons (Fsp3) is 0.415. The van der Waals surface area contributed by atoms with Crippen LogP contribution in [0.3, 0.4) is 0 Å². The molecule has 5 amide bonds. The normalized spacial score (nSPS) is 17.3. The van der Waals surface area contributed by atoms with Gasteiger partial charge in [0.05, 0.1) is 69.7 Å². The van der Waals surface area contributed by atoms with Crippen LogP contribution >= 0.6 is 22.7 Å². The Kier molecular flexibility index (Phi) is 15.9. The first kappa shape index (κ1) is 52.6. The van der Waals surface area contributed by atoms with E-state index >= 15 is 0 Å². The number of fused-ring (bicyclic) bond motifs is 2. The number of anilines is 3. The third-order valence-corrected chi connectivity index (χ3v) is 15.0. The molecule has 0 saturated carbocycles. The van der Waals surface area contributed by atoms with Crippen LogP contribution in [-0.2, 0) is 30.5 Å². The van der Waals surface area contributed by atoms with Crippen LogP contribution < -0.4 is 35.2 Å². The smallest absolute Gasteiger partial charge is 0.414 e. The number of aromatic nitrogens is 4. The summed E-state index contributed by atoms with van der Waals surface area (Å²) in [5.41, 5.74) is 7.16. The Morgan fingerprint density at radius 2 is 1.61 bits per heavy atom. The number of ether oxygens (including phenoxy) is 3. The van der Waals surface area contributed by atoms with Crippen molar-refractivity contribution in [2.45, 2.75) is 78.8 Å². The predicted octanol–water partition coefficient (Wildman–Crippen LogP) is 5.88. The molecule has 394 valence electrons. The highest BCUT2D eigenvalue weighted by atomic mass is 32.1. The number of nitrogens with one attached hydrogen (secondary N) is 3. The summed E-state index contributed by atoms with van der Waals surface area (Å²) in [6, 6.07) is 17.5. The van der Waals surface area contributed by atoms with Gasteiger partial charge in [-0.2, -0.15) is 0 Å². The molecule has 0 aliphatic carbocycles. The Labute approximate surface area is 442 Å². The van der Waals surface area contributed by atoms with Crippen LogP contribution in [-0.4, -0.2) is 148 Å². The third kappa shape index (κ3) is 12.6. The van der Waals surface area contributed by atoms with Crippen molar-refractivity contribution in [3.8, 4) is 33.1 Å². The maximum absolute atomic E-state index is 14.1. The summed E-state index contributed by atoms with van der Waals surface area (Å²) in [5, 5.41) is 19.8. The van der Waals surface area contributed by atoms with E-state index in [9.17, 15) is 29.1 Å². The van der Waals surface area contributed by atoms with Gasteiger partial charge in [-0.1, -0.05) is 68.5 Å². The fourth-order valence-electron chi connectivity index (χ4n) is 9.16. The molecule has 3 aliphatic rings. The SMILES string of the molecule is Cc1ncsc1-c1ccc(CNC(=O)[C@@H]2C[C@@H](O)CN2C(=O)[C@@H](NC(=O)COc2cnc(N3CCN(CC(=O)Nc4nc5ccc(-c6ccc7c(c6)N(C(=O)OC(C)C)CCO7)cc5s4)CC3)nc2)C(C)(C)C)cc1. The molecule has 0 radical (unpaired) electrons. The molecular formula is C53H61N11O9S2. The van der Waals surface area contributed by atoms with Crippen LogP contribution in [0.2, 0.25) is 0 Å². The number of aryl methyl sites for hydroxylation is 1. The Morgan fingerprint density at radius 1 is 0.893 bits per heavy atom. The average molecular weight is 1060 g/mol. The van der Waals surface area contributed by atoms with Crippen LogP contribution in [0.15, 0.2) is 78.6 Å². The lowest BCUT2D eigenvalue weighted by Gasteiger charge is -2.35. The van der Waals surface area contributed by atoms with E-state index in [1.807, 2.05) is 107 Å². The number of thiazole rings is 2. The van der Waals surface area contributed by atoms with Crippen molar-refractivity contribution >= 4 is 79.4 Å². The Bertz CT molecular complexity index is 3040. The zero-order valence-corrected chi connectivity index (χ0v) is 44.3. The number of nitrogens with zero attached hydrogens (tertiary/aromatic N) is 8. The zero-order valence-electron chi connectivity index (χ0n) is 42.7. The first-order valence-corrected chi connectivity index (χ1v) is 26.6. The highest BCUT2D eigenvalue weighted by Gasteiger charge is 2.44. The lowest BCUT2D eigenvalue weighted by Crippen LogP contribution is -2.58. The number of benzene rings is 3. The van der Waals surface area contributed by atoms with Gasteiger partial charge in [0, 0.05) is 45.7 Å². The zero-order chi connectivity index (χ0) is 53.0. The molecule has 4 N–H and O–H groups in total. The first-order valence-electron chi connectivity index (χ1n) is 24.9. The van der Waals surface area contributed by atoms with Crippen molar-refractivity contribution in [2.75, 3.05) is 74.1 Å². The van der Waals surface area contributed by atoms with Gasteiger partial charge in [-0.05, 0) is 72.7 Å². The lowest BCUT2D eigenvalue weighted by atomic mass is 9.85. The number of aliphatic hydroxyl groups excluding tert-OH is 1. The van der Waals surface area contributed by atoms with Gasteiger partial charge in [-0.3, -0.25) is 29.0 Å². The minimum Gasteiger partial charge on any atom is -0.490 e. The molecule has 6 heterocycles. The topological polar surface area (TPSA) is 234 Å². The molecule has 3 aromatic carbocycles. The van der Waals surface area contributed by atoms with Crippen molar-refractivity contribution in [3.63, 3.8) is 0 Å². The van der Waals surface area contributed by atoms with Gasteiger partial charge in [0.25, 0.3) is 5.91 Å². The van der Waals surface area contributed by atoms with E-state index in [4.69, 9.17) is 14.2 Å².